The summed E-state index contributed by atoms with van der Waals surface area (Å²) in [5, 5.41) is 13.9. The molecule has 3 rings (SSSR count). The van der Waals surface area contributed by atoms with E-state index in [2.05, 4.69) is 5.32 Å². The molecule has 3 aromatic rings. The first kappa shape index (κ1) is 25.7. The summed E-state index contributed by atoms with van der Waals surface area (Å²) in [6.07, 6.45) is 0.584. The Morgan fingerprint density at radius 1 is 1.09 bits per heavy atom. The number of nitro groups is 1. The summed E-state index contributed by atoms with van der Waals surface area (Å²) in [7, 11) is -2.53. The van der Waals surface area contributed by atoms with E-state index < -0.39 is 27.4 Å². The molecule has 3 aromatic carbocycles. The van der Waals surface area contributed by atoms with Crippen LogP contribution in [0.5, 0.6) is 5.75 Å². The van der Waals surface area contributed by atoms with E-state index in [9.17, 15) is 23.3 Å². The van der Waals surface area contributed by atoms with Crippen LogP contribution in [0.1, 0.15) is 30.5 Å². The highest BCUT2D eigenvalue weighted by molar-refractivity contribution is 7.92. The predicted molar refractivity (Wildman–Crippen MR) is 133 cm³/mol. The Morgan fingerprint density at radius 2 is 1.74 bits per heavy atom. The quantitative estimate of drug-likeness (QED) is 0.328. The Bertz CT molecular complexity index is 1290. The van der Waals surface area contributed by atoms with Gasteiger partial charge in [-0.1, -0.05) is 37.3 Å². The van der Waals surface area contributed by atoms with Gasteiger partial charge in [-0.15, -0.1) is 0 Å². The lowest BCUT2D eigenvalue weighted by molar-refractivity contribution is -0.384. The van der Waals surface area contributed by atoms with E-state index in [0.29, 0.717) is 6.42 Å². The van der Waals surface area contributed by atoms with E-state index in [1.54, 1.807) is 25.3 Å². The van der Waals surface area contributed by atoms with Crippen LogP contribution >= 0.6 is 0 Å². The molecule has 0 aliphatic carbocycles. The van der Waals surface area contributed by atoms with Crippen molar-refractivity contribution < 1.29 is 22.9 Å². The fourth-order valence-electron chi connectivity index (χ4n) is 3.69. The molecule has 35 heavy (non-hydrogen) atoms. The summed E-state index contributed by atoms with van der Waals surface area (Å²) in [5.74, 6) is 0.219. The summed E-state index contributed by atoms with van der Waals surface area (Å²) in [6.45, 7) is 3.32. The third kappa shape index (κ3) is 5.96. The van der Waals surface area contributed by atoms with E-state index in [-0.39, 0.29) is 22.3 Å². The van der Waals surface area contributed by atoms with Crippen molar-refractivity contribution >= 4 is 27.3 Å². The first-order valence-electron chi connectivity index (χ1n) is 10.9. The number of non-ortho nitro benzene ring substituents is 1. The van der Waals surface area contributed by atoms with Gasteiger partial charge in [-0.2, -0.15) is 0 Å². The molecular weight excluding hydrogens is 470 g/mol. The Balaban J connectivity index is 1.91. The van der Waals surface area contributed by atoms with Gasteiger partial charge in [0.05, 0.1) is 28.7 Å². The third-order valence-electron chi connectivity index (χ3n) is 5.53. The van der Waals surface area contributed by atoms with Crippen molar-refractivity contribution in [1.29, 1.82) is 0 Å². The van der Waals surface area contributed by atoms with E-state index in [1.807, 2.05) is 32.0 Å². The number of benzene rings is 3. The van der Waals surface area contributed by atoms with Crippen molar-refractivity contribution in [2.45, 2.75) is 31.2 Å². The zero-order chi connectivity index (χ0) is 25.6. The number of hydrogen-bond donors (Lipinski definition) is 1. The van der Waals surface area contributed by atoms with Crippen molar-refractivity contribution in [3.63, 3.8) is 0 Å². The van der Waals surface area contributed by atoms with Crippen molar-refractivity contribution in [1.82, 2.24) is 5.32 Å². The highest BCUT2D eigenvalue weighted by Gasteiger charge is 2.28. The molecule has 0 aliphatic rings. The standard InChI is InChI=1S/C25H27N3O6S/c1-4-23(19-10-15-24(34-3)18(2)16-19)26-25(29)17-27(20-11-13-21(14-12-20)28(30)31)35(32,33)22-8-6-5-7-9-22/h5-16,23H,4,17H2,1-3H3,(H,26,29)/t23-/m1/s1. The Kier molecular flexibility index (Phi) is 8.08. The molecule has 0 aliphatic heterocycles. The highest BCUT2D eigenvalue weighted by Crippen LogP contribution is 2.27. The second-order valence-corrected chi connectivity index (χ2v) is 9.72. The summed E-state index contributed by atoms with van der Waals surface area (Å²) in [6, 6.07) is 18.0. The fourth-order valence-corrected chi connectivity index (χ4v) is 5.13. The van der Waals surface area contributed by atoms with Gasteiger partial charge in [0.1, 0.15) is 12.3 Å². The number of sulfonamides is 1. The Hall–Kier alpha value is -3.92. The first-order valence-corrected chi connectivity index (χ1v) is 12.4. The number of nitrogens with zero attached hydrogens (tertiary/aromatic N) is 2. The number of aryl methyl sites for hydroxylation is 1. The van der Waals surface area contributed by atoms with Crippen LogP contribution in [0.2, 0.25) is 0 Å². The number of carbonyl (C=O) groups is 1. The van der Waals surface area contributed by atoms with Crippen LogP contribution in [-0.2, 0) is 14.8 Å². The lowest BCUT2D eigenvalue weighted by atomic mass is 10.0. The summed E-state index contributed by atoms with van der Waals surface area (Å²) >= 11 is 0. The van der Waals surface area contributed by atoms with Gasteiger partial charge >= 0.3 is 0 Å². The second kappa shape index (κ2) is 11.0. The molecule has 1 N–H and O–H groups in total. The van der Waals surface area contributed by atoms with Crippen LogP contribution in [-0.4, -0.2) is 32.9 Å². The summed E-state index contributed by atoms with van der Waals surface area (Å²) < 4.78 is 33.1. The molecule has 1 amide bonds. The maximum atomic E-state index is 13.4. The van der Waals surface area contributed by atoms with Gasteiger partial charge in [0.25, 0.3) is 15.7 Å². The minimum Gasteiger partial charge on any atom is -0.496 e. The van der Waals surface area contributed by atoms with Crippen LogP contribution < -0.4 is 14.4 Å². The maximum Gasteiger partial charge on any atom is 0.269 e. The molecule has 0 saturated carbocycles. The van der Waals surface area contributed by atoms with Gasteiger partial charge in [-0.05, 0) is 54.8 Å². The zero-order valence-corrected chi connectivity index (χ0v) is 20.5. The molecule has 0 spiro atoms. The molecule has 9 nitrogen and oxygen atoms in total. The number of hydrogen-bond acceptors (Lipinski definition) is 6. The smallest absolute Gasteiger partial charge is 0.269 e. The molecular formula is C25H27N3O6S. The monoisotopic (exact) mass is 497 g/mol. The summed E-state index contributed by atoms with van der Waals surface area (Å²) in [4.78, 5) is 23.5. The topological polar surface area (TPSA) is 119 Å². The number of methoxy groups -OCH3 is 1. The number of anilines is 1. The van der Waals surface area contributed by atoms with Gasteiger partial charge < -0.3 is 10.1 Å². The van der Waals surface area contributed by atoms with E-state index in [1.165, 1.54) is 36.4 Å². The van der Waals surface area contributed by atoms with E-state index in [0.717, 1.165) is 21.2 Å². The lowest BCUT2D eigenvalue weighted by Crippen LogP contribution is -2.42. The van der Waals surface area contributed by atoms with E-state index in [4.69, 9.17) is 4.74 Å². The molecule has 0 saturated heterocycles. The van der Waals surface area contributed by atoms with Gasteiger partial charge in [0, 0.05) is 12.1 Å². The average Bonchev–Trinajstić information content (AvgIpc) is 2.86. The average molecular weight is 498 g/mol. The molecule has 184 valence electrons. The molecule has 0 unspecified atom stereocenters. The molecule has 1 atom stereocenters. The molecule has 0 bridgehead atoms. The predicted octanol–water partition coefficient (Wildman–Crippen LogP) is 4.37. The molecule has 0 aromatic heterocycles. The Morgan fingerprint density at radius 3 is 2.29 bits per heavy atom. The van der Waals surface area contributed by atoms with Crippen LogP contribution in [0.25, 0.3) is 0 Å². The van der Waals surface area contributed by atoms with Crippen molar-refractivity contribution in [2.24, 2.45) is 0 Å². The molecule has 10 heteroatoms. The SMILES string of the molecule is CC[C@@H](NC(=O)CN(c1ccc([N+](=O)[O-])cc1)S(=O)(=O)c1ccccc1)c1ccc(OC)c(C)c1. The normalized spacial score (nSPS) is 12.0. The molecule has 0 radical (unpaired) electrons. The van der Waals surface area contributed by atoms with Crippen molar-refractivity contribution in [3.8, 4) is 5.75 Å². The maximum absolute atomic E-state index is 13.4. The van der Waals surface area contributed by atoms with Crippen molar-refractivity contribution in [2.75, 3.05) is 18.0 Å². The highest BCUT2D eigenvalue weighted by atomic mass is 32.2. The Labute approximate surface area is 204 Å². The van der Waals surface area contributed by atoms with Gasteiger partial charge in [-0.3, -0.25) is 19.2 Å². The van der Waals surface area contributed by atoms with E-state index >= 15 is 0 Å². The van der Waals surface area contributed by atoms with Crippen LogP contribution in [0.3, 0.4) is 0 Å². The van der Waals surface area contributed by atoms with Crippen LogP contribution in [0.15, 0.2) is 77.7 Å². The van der Waals surface area contributed by atoms with Gasteiger partial charge in [-0.25, -0.2) is 8.42 Å². The van der Waals surface area contributed by atoms with Crippen LogP contribution in [0.4, 0.5) is 11.4 Å². The van der Waals surface area contributed by atoms with Gasteiger partial charge in [0.2, 0.25) is 5.91 Å². The number of nitrogens with one attached hydrogen (secondary N) is 1. The van der Waals surface area contributed by atoms with Crippen LogP contribution in [0, 0.1) is 17.0 Å². The first-order chi connectivity index (χ1) is 16.7. The number of ether oxygens (including phenoxy) is 1. The third-order valence-corrected chi connectivity index (χ3v) is 7.32. The minimum atomic E-state index is -4.12. The molecule has 0 fully saturated rings. The number of carbonyl (C=O) groups excluding carboxylic acids is 1. The second-order valence-electron chi connectivity index (χ2n) is 7.86. The summed E-state index contributed by atoms with van der Waals surface area (Å²) in [5.41, 5.74) is 1.74. The largest absolute Gasteiger partial charge is 0.496 e. The number of amides is 1. The lowest BCUT2D eigenvalue weighted by Gasteiger charge is -2.26. The number of rotatable bonds is 10. The fraction of sp³-hybridized carbons (Fsp3) is 0.240. The zero-order valence-electron chi connectivity index (χ0n) is 19.7. The minimum absolute atomic E-state index is 0.00368. The van der Waals surface area contributed by atoms with Gasteiger partial charge in [0.15, 0.2) is 0 Å². The number of nitro benzene ring substituents is 1. The van der Waals surface area contributed by atoms with Crippen molar-refractivity contribution in [3.05, 3.63) is 94.0 Å². The molecule has 0 heterocycles.